The lowest BCUT2D eigenvalue weighted by Gasteiger charge is -2.02. The van der Waals surface area contributed by atoms with Gasteiger partial charge in [0.05, 0.1) is 5.56 Å². The van der Waals surface area contributed by atoms with Gasteiger partial charge in [0.25, 0.3) is 0 Å². The number of nitrogens with zero attached hydrogens (tertiary/aromatic N) is 1. The molecule has 0 saturated heterocycles. The molecule has 0 spiro atoms. The number of aromatic nitrogens is 1. The van der Waals surface area contributed by atoms with Gasteiger partial charge < -0.3 is 9.52 Å². The fraction of sp³-hybridized carbons (Fsp3) is 0.176. The van der Waals surface area contributed by atoms with E-state index in [0.717, 1.165) is 6.42 Å². The zero-order valence-electron chi connectivity index (χ0n) is 11.7. The molecule has 0 atom stereocenters. The molecule has 0 unspecified atom stereocenters. The third-order valence-corrected chi connectivity index (χ3v) is 3.56. The second kappa shape index (κ2) is 5.40. The van der Waals surface area contributed by atoms with Gasteiger partial charge in [0.2, 0.25) is 0 Å². The standard InChI is InChI=1S/C17H15NO3/c1-11-5-2-3-6-12(11)9-10-15-18-16-13(17(19)20)7-4-8-14(16)21-15/h2-8H,9-10H2,1H3,(H,19,20). The number of hydrogen-bond donors (Lipinski definition) is 1. The normalized spacial score (nSPS) is 10.9. The van der Waals surface area contributed by atoms with Crippen LogP contribution in [0.2, 0.25) is 0 Å². The predicted molar refractivity (Wildman–Crippen MR) is 79.6 cm³/mol. The van der Waals surface area contributed by atoms with Crippen molar-refractivity contribution in [3.05, 3.63) is 65.0 Å². The fourth-order valence-corrected chi connectivity index (χ4v) is 2.41. The molecular formula is C17H15NO3. The van der Waals surface area contributed by atoms with Crippen LogP contribution in [0, 0.1) is 6.92 Å². The van der Waals surface area contributed by atoms with E-state index in [0.29, 0.717) is 23.4 Å². The third kappa shape index (κ3) is 2.65. The Hall–Kier alpha value is -2.62. The van der Waals surface area contributed by atoms with Gasteiger partial charge in [-0.2, -0.15) is 0 Å². The van der Waals surface area contributed by atoms with Crippen molar-refractivity contribution < 1.29 is 14.3 Å². The molecule has 0 aliphatic carbocycles. The van der Waals surface area contributed by atoms with Crippen molar-refractivity contribution in [2.75, 3.05) is 0 Å². The average molecular weight is 281 g/mol. The summed E-state index contributed by atoms with van der Waals surface area (Å²) in [4.78, 5) is 15.5. The van der Waals surface area contributed by atoms with Gasteiger partial charge >= 0.3 is 5.97 Å². The lowest BCUT2D eigenvalue weighted by Crippen LogP contribution is -1.97. The molecule has 106 valence electrons. The molecule has 0 fully saturated rings. The van der Waals surface area contributed by atoms with Crippen molar-refractivity contribution in [1.82, 2.24) is 4.98 Å². The highest BCUT2D eigenvalue weighted by atomic mass is 16.4. The summed E-state index contributed by atoms with van der Waals surface area (Å²) in [7, 11) is 0. The fourth-order valence-electron chi connectivity index (χ4n) is 2.41. The lowest BCUT2D eigenvalue weighted by atomic mass is 10.0. The topological polar surface area (TPSA) is 63.3 Å². The molecule has 1 heterocycles. The SMILES string of the molecule is Cc1ccccc1CCc1nc2c(C(=O)O)cccc2o1. The van der Waals surface area contributed by atoms with E-state index in [1.165, 1.54) is 17.2 Å². The second-order valence-electron chi connectivity index (χ2n) is 4.99. The number of fused-ring (bicyclic) bond motifs is 1. The van der Waals surface area contributed by atoms with E-state index in [-0.39, 0.29) is 5.56 Å². The van der Waals surface area contributed by atoms with Crippen molar-refractivity contribution >= 4 is 17.1 Å². The van der Waals surface area contributed by atoms with Crippen LogP contribution in [-0.2, 0) is 12.8 Å². The van der Waals surface area contributed by atoms with Crippen molar-refractivity contribution in [3.8, 4) is 0 Å². The Bertz CT molecular complexity index is 805. The minimum absolute atomic E-state index is 0.179. The minimum atomic E-state index is -0.987. The summed E-state index contributed by atoms with van der Waals surface area (Å²) in [6.45, 7) is 2.07. The maximum Gasteiger partial charge on any atom is 0.338 e. The van der Waals surface area contributed by atoms with E-state index in [2.05, 4.69) is 24.0 Å². The molecule has 21 heavy (non-hydrogen) atoms. The number of oxazole rings is 1. The zero-order chi connectivity index (χ0) is 14.8. The monoisotopic (exact) mass is 281 g/mol. The van der Waals surface area contributed by atoms with Crippen LogP contribution in [0.3, 0.4) is 0 Å². The van der Waals surface area contributed by atoms with Crippen LogP contribution in [0.1, 0.15) is 27.4 Å². The number of carbonyl (C=O) groups is 1. The van der Waals surface area contributed by atoms with Crippen LogP contribution >= 0.6 is 0 Å². The smallest absolute Gasteiger partial charge is 0.338 e. The summed E-state index contributed by atoms with van der Waals surface area (Å²) in [6.07, 6.45) is 1.47. The number of aromatic carboxylic acids is 1. The number of rotatable bonds is 4. The van der Waals surface area contributed by atoms with Gasteiger partial charge in [0.15, 0.2) is 11.5 Å². The molecule has 4 nitrogen and oxygen atoms in total. The zero-order valence-corrected chi connectivity index (χ0v) is 11.7. The third-order valence-electron chi connectivity index (χ3n) is 3.56. The molecule has 0 aliphatic heterocycles. The second-order valence-corrected chi connectivity index (χ2v) is 4.99. The minimum Gasteiger partial charge on any atom is -0.478 e. The van der Waals surface area contributed by atoms with Crippen LogP contribution in [0.15, 0.2) is 46.9 Å². The molecular weight excluding hydrogens is 266 g/mol. The Morgan fingerprint density at radius 3 is 2.71 bits per heavy atom. The molecule has 0 radical (unpaired) electrons. The van der Waals surface area contributed by atoms with Crippen LogP contribution in [0.5, 0.6) is 0 Å². The Morgan fingerprint density at radius 2 is 1.95 bits per heavy atom. The molecule has 1 N–H and O–H groups in total. The van der Waals surface area contributed by atoms with Crippen molar-refractivity contribution in [1.29, 1.82) is 0 Å². The summed E-state index contributed by atoms with van der Waals surface area (Å²) >= 11 is 0. The molecule has 0 saturated carbocycles. The first-order valence-corrected chi connectivity index (χ1v) is 6.81. The molecule has 4 heteroatoms. The largest absolute Gasteiger partial charge is 0.478 e. The number of aryl methyl sites for hydroxylation is 3. The predicted octanol–water partition coefficient (Wildman–Crippen LogP) is 3.62. The van der Waals surface area contributed by atoms with Gasteiger partial charge in [-0.3, -0.25) is 0 Å². The van der Waals surface area contributed by atoms with Crippen LogP contribution in [-0.4, -0.2) is 16.1 Å². The lowest BCUT2D eigenvalue weighted by molar-refractivity contribution is 0.0699. The van der Waals surface area contributed by atoms with E-state index in [1.54, 1.807) is 12.1 Å². The number of benzene rings is 2. The maximum atomic E-state index is 11.2. The summed E-state index contributed by atoms with van der Waals surface area (Å²) in [5, 5.41) is 9.15. The first-order chi connectivity index (χ1) is 10.1. The number of hydrogen-bond acceptors (Lipinski definition) is 3. The van der Waals surface area contributed by atoms with Crippen molar-refractivity contribution in [2.24, 2.45) is 0 Å². The molecule has 3 aromatic rings. The Balaban J connectivity index is 1.87. The summed E-state index contributed by atoms with van der Waals surface area (Å²) in [6, 6.07) is 13.1. The van der Waals surface area contributed by atoms with E-state index in [1.807, 2.05) is 12.1 Å². The Kier molecular flexibility index (Phi) is 3.44. The Labute approximate surface area is 122 Å². The van der Waals surface area contributed by atoms with Crippen molar-refractivity contribution in [3.63, 3.8) is 0 Å². The number of para-hydroxylation sites is 1. The van der Waals surface area contributed by atoms with E-state index in [9.17, 15) is 4.79 Å². The summed E-state index contributed by atoms with van der Waals surface area (Å²) < 4.78 is 5.65. The van der Waals surface area contributed by atoms with Gasteiger partial charge in [0.1, 0.15) is 5.52 Å². The van der Waals surface area contributed by atoms with Gasteiger partial charge in [-0.05, 0) is 36.6 Å². The van der Waals surface area contributed by atoms with E-state index >= 15 is 0 Å². The van der Waals surface area contributed by atoms with Crippen LogP contribution in [0.25, 0.3) is 11.1 Å². The summed E-state index contributed by atoms with van der Waals surface area (Å²) in [5.74, 6) is -0.415. The average Bonchev–Trinajstić information content (AvgIpc) is 2.88. The van der Waals surface area contributed by atoms with Crippen LogP contribution < -0.4 is 0 Å². The highest BCUT2D eigenvalue weighted by Gasteiger charge is 2.14. The molecule has 1 aromatic heterocycles. The molecule has 0 amide bonds. The van der Waals surface area contributed by atoms with Gasteiger partial charge in [0, 0.05) is 6.42 Å². The number of carboxylic acids is 1. The summed E-state index contributed by atoms with van der Waals surface area (Å²) in [5.41, 5.74) is 3.61. The van der Waals surface area contributed by atoms with Gasteiger partial charge in [-0.15, -0.1) is 0 Å². The van der Waals surface area contributed by atoms with Crippen LogP contribution in [0.4, 0.5) is 0 Å². The molecule has 3 rings (SSSR count). The maximum absolute atomic E-state index is 11.2. The highest BCUT2D eigenvalue weighted by Crippen LogP contribution is 2.21. The van der Waals surface area contributed by atoms with E-state index in [4.69, 9.17) is 9.52 Å². The van der Waals surface area contributed by atoms with Gasteiger partial charge in [-0.1, -0.05) is 30.3 Å². The first kappa shape index (κ1) is 13.4. The van der Waals surface area contributed by atoms with Gasteiger partial charge in [-0.25, -0.2) is 9.78 Å². The van der Waals surface area contributed by atoms with Crippen molar-refractivity contribution in [2.45, 2.75) is 19.8 Å². The molecule has 2 aromatic carbocycles. The first-order valence-electron chi connectivity index (χ1n) is 6.81. The number of carboxylic acid groups (broad SMARTS) is 1. The molecule has 0 aliphatic rings. The molecule has 0 bridgehead atoms. The quantitative estimate of drug-likeness (QED) is 0.793. The highest BCUT2D eigenvalue weighted by molar-refractivity contribution is 6.00. The Morgan fingerprint density at radius 1 is 1.14 bits per heavy atom. The van der Waals surface area contributed by atoms with E-state index < -0.39 is 5.97 Å².